The summed E-state index contributed by atoms with van der Waals surface area (Å²) in [4.78, 5) is 13.5. The SMILES string of the molecule is CC(N)C(=O)N(C)Cc1cccc2ccccc12. The van der Waals surface area contributed by atoms with E-state index in [0.29, 0.717) is 6.54 Å². The standard InChI is InChI=1S/C15H18N2O/c1-11(16)15(18)17(2)10-13-8-5-7-12-6-3-4-9-14(12)13/h3-9,11H,10,16H2,1-2H3. The van der Waals surface area contributed by atoms with Crippen LogP contribution in [0.25, 0.3) is 10.8 Å². The van der Waals surface area contributed by atoms with Gasteiger partial charge in [0.15, 0.2) is 0 Å². The summed E-state index contributed by atoms with van der Waals surface area (Å²) in [7, 11) is 1.79. The summed E-state index contributed by atoms with van der Waals surface area (Å²) < 4.78 is 0. The van der Waals surface area contributed by atoms with E-state index in [0.717, 1.165) is 5.56 Å². The summed E-state index contributed by atoms with van der Waals surface area (Å²) in [6, 6.07) is 13.9. The van der Waals surface area contributed by atoms with Crippen LogP contribution in [0.5, 0.6) is 0 Å². The van der Waals surface area contributed by atoms with Crippen molar-refractivity contribution in [2.24, 2.45) is 5.73 Å². The number of amides is 1. The number of hydrogen-bond acceptors (Lipinski definition) is 2. The number of nitrogens with zero attached hydrogens (tertiary/aromatic N) is 1. The van der Waals surface area contributed by atoms with Gasteiger partial charge in [-0.25, -0.2) is 0 Å². The van der Waals surface area contributed by atoms with Gasteiger partial charge in [-0.2, -0.15) is 0 Å². The second-order valence-corrected chi connectivity index (χ2v) is 4.62. The molecule has 3 nitrogen and oxygen atoms in total. The molecule has 0 aliphatic rings. The highest BCUT2D eigenvalue weighted by Gasteiger charge is 2.14. The van der Waals surface area contributed by atoms with E-state index >= 15 is 0 Å². The normalized spacial score (nSPS) is 12.4. The summed E-state index contributed by atoms with van der Waals surface area (Å²) in [6.45, 7) is 2.30. The predicted molar refractivity (Wildman–Crippen MR) is 74.1 cm³/mol. The number of benzene rings is 2. The highest BCUT2D eigenvalue weighted by Crippen LogP contribution is 2.19. The Morgan fingerprint density at radius 2 is 1.89 bits per heavy atom. The first-order valence-electron chi connectivity index (χ1n) is 6.07. The first-order valence-corrected chi connectivity index (χ1v) is 6.07. The van der Waals surface area contributed by atoms with E-state index in [4.69, 9.17) is 5.73 Å². The summed E-state index contributed by atoms with van der Waals surface area (Å²) in [5.41, 5.74) is 6.76. The van der Waals surface area contributed by atoms with Gasteiger partial charge in [0, 0.05) is 13.6 Å². The fraction of sp³-hybridized carbons (Fsp3) is 0.267. The van der Waals surface area contributed by atoms with Gasteiger partial charge in [0.25, 0.3) is 0 Å². The lowest BCUT2D eigenvalue weighted by Gasteiger charge is -2.20. The Labute approximate surface area is 107 Å². The molecule has 0 spiro atoms. The molecule has 1 atom stereocenters. The average Bonchev–Trinajstić information content (AvgIpc) is 2.38. The highest BCUT2D eigenvalue weighted by atomic mass is 16.2. The second kappa shape index (κ2) is 5.19. The first-order chi connectivity index (χ1) is 8.59. The number of carbonyl (C=O) groups excluding carboxylic acids is 1. The smallest absolute Gasteiger partial charge is 0.239 e. The summed E-state index contributed by atoms with van der Waals surface area (Å²) in [5.74, 6) is -0.0389. The van der Waals surface area contributed by atoms with Crippen LogP contribution >= 0.6 is 0 Å². The molecule has 2 aromatic carbocycles. The Hall–Kier alpha value is -1.87. The highest BCUT2D eigenvalue weighted by molar-refractivity contribution is 5.86. The molecular formula is C15H18N2O. The van der Waals surface area contributed by atoms with Crippen molar-refractivity contribution in [1.29, 1.82) is 0 Å². The van der Waals surface area contributed by atoms with E-state index in [-0.39, 0.29) is 5.91 Å². The molecule has 2 rings (SSSR count). The first kappa shape index (κ1) is 12.6. The maximum absolute atomic E-state index is 11.8. The van der Waals surface area contributed by atoms with E-state index < -0.39 is 6.04 Å². The summed E-state index contributed by atoms with van der Waals surface area (Å²) in [5, 5.41) is 2.38. The van der Waals surface area contributed by atoms with Crippen LogP contribution in [0.2, 0.25) is 0 Å². The summed E-state index contributed by atoms with van der Waals surface area (Å²) >= 11 is 0. The molecule has 0 saturated heterocycles. The third kappa shape index (κ3) is 2.51. The van der Waals surface area contributed by atoms with Crippen LogP contribution in [0.1, 0.15) is 12.5 Å². The molecular weight excluding hydrogens is 224 g/mol. The third-order valence-electron chi connectivity index (χ3n) is 3.05. The maximum Gasteiger partial charge on any atom is 0.239 e. The number of nitrogens with two attached hydrogens (primary N) is 1. The van der Waals surface area contributed by atoms with Gasteiger partial charge in [0.05, 0.1) is 6.04 Å². The fourth-order valence-electron chi connectivity index (χ4n) is 2.11. The molecule has 2 aromatic rings. The number of carbonyl (C=O) groups is 1. The third-order valence-corrected chi connectivity index (χ3v) is 3.05. The largest absolute Gasteiger partial charge is 0.340 e. The lowest BCUT2D eigenvalue weighted by Crippen LogP contribution is -2.39. The molecule has 0 bridgehead atoms. The fourth-order valence-corrected chi connectivity index (χ4v) is 2.11. The lowest BCUT2D eigenvalue weighted by atomic mass is 10.0. The van der Waals surface area contributed by atoms with Crippen LogP contribution in [0.15, 0.2) is 42.5 Å². The molecule has 0 radical (unpaired) electrons. The minimum absolute atomic E-state index is 0.0389. The molecule has 0 aromatic heterocycles. The van der Waals surface area contributed by atoms with E-state index in [1.54, 1.807) is 18.9 Å². The minimum Gasteiger partial charge on any atom is -0.340 e. The molecule has 0 aliphatic heterocycles. The molecule has 1 unspecified atom stereocenters. The molecule has 0 aliphatic carbocycles. The van der Waals surface area contributed by atoms with Gasteiger partial charge in [-0.1, -0.05) is 42.5 Å². The Morgan fingerprint density at radius 1 is 1.22 bits per heavy atom. The van der Waals surface area contributed by atoms with Gasteiger partial charge in [0.1, 0.15) is 0 Å². The number of hydrogen-bond donors (Lipinski definition) is 1. The van der Waals surface area contributed by atoms with E-state index in [2.05, 4.69) is 18.2 Å². The Kier molecular flexibility index (Phi) is 3.63. The van der Waals surface area contributed by atoms with Crippen molar-refractivity contribution in [2.75, 3.05) is 7.05 Å². The van der Waals surface area contributed by atoms with E-state index in [9.17, 15) is 4.79 Å². The zero-order valence-electron chi connectivity index (χ0n) is 10.8. The van der Waals surface area contributed by atoms with Gasteiger partial charge in [-0.05, 0) is 23.3 Å². The van der Waals surface area contributed by atoms with Crippen molar-refractivity contribution in [1.82, 2.24) is 4.90 Å². The topological polar surface area (TPSA) is 46.3 Å². The molecule has 94 valence electrons. The molecule has 18 heavy (non-hydrogen) atoms. The Morgan fingerprint density at radius 3 is 2.61 bits per heavy atom. The monoisotopic (exact) mass is 242 g/mol. The van der Waals surface area contributed by atoms with E-state index in [1.807, 2.05) is 24.3 Å². The zero-order chi connectivity index (χ0) is 13.1. The molecule has 0 fully saturated rings. The molecule has 0 heterocycles. The van der Waals surface area contributed by atoms with Gasteiger partial charge < -0.3 is 10.6 Å². The van der Waals surface area contributed by atoms with Gasteiger partial charge in [-0.15, -0.1) is 0 Å². The lowest BCUT2D eigenvalue weighted by molar-refractivity contribution is -0.131. The predicted octanol–water partition coefficient (Wildman–Crippen LogP) is 2.15. The molecule has 3 heteroatoms. The van der Waals surface area contributed by atoms with Crippen LogP contribution in [-0.2, 0) is 11.3 Å². The van der Waals surface area contributed by atoms with Crippen molar-refractivity contribution >= 4 is 16.7 Å². The summed E-state index contributed by atoms with van der Waals surface area (Å²) in [6.07, 6.45) is 0. The van der Waals surface area contributed by atoms with E-state index in [1.165, 1.54) is 10.8 Å². The van der Waals surface area contributed by atoms with Gasteiger partial charge >= 0.3 is 0 Å². The molecule has 2 N–H and O–H groups in total. The van der Waals surface area contributed by atoms with Crippen LogP contribution in [-0.4, -0.2) is 23.9 Å². The Bertz CT molecular complexity index is 558. The van der Waals surface area contributed by atoms with Crippen molar-refractivity contribution in [3.05, 3.63) is 48.0 Å². The van der Waals surface area contributed by atoms with Crippen molar-refractivity contribution in [2.45, 2.75) is 19.5 Å². The van der Waals surface area contributed by atoms with Gasteiger partial charge in [-0.3, -0.25) is 4.79 Å². The quantitative estimate of drug-likeness (QED) is 0.896. The van der Waals surface area contributed by atoms with Gasteiger partial charge in [0.2, 0.25) is 5.91 Å². The minimum atomic E-state index is -0.454. The Balaban J connectivity index is 2.29. The van der Waals surface area contributed by atoms with Crippen molar-refractivity contribution in [3.8, 4) is 0 Å². The van der Waals surface area contributed by atoms with Crippen LogP contribution in [0, 0.1) is 0 Å². The van der Waals surface area contributed by atoms with Crippen LogP contribution in [0.4, 0.5) is 0 Å². The maximum atomic E-state index is 11.8. The number of rotatable bonds is 3. The van der Waals surface area contributed by atoms with Crippen molar-refractivity contribution < 1.29 is 4.79 Å². The average molecular weight is 242 g/mol. The van der Waals surface area contributed by atoms with Crippen LogP contribution in [0.3, 0.4) is 0 Å². The molecule has 1 amide bonds. The van der Waals surface area contributed by atoms with Crippen molar-refractivity contribution in [3.63, 3.8) is 0 Å². The molecule has 0 saturated carbocycles. The zero-order valence-corrected chi connectivity index (χ0v) is 10.8. The second-order valence-electron chi connectivity index (χ2n) is 4.62. The van der Waals surface area contributed by atoms with Crippen LogP contribution < -0.4 is 5.73 Å². The number of likely N-dealkylation sites (N-methyl/N-ethyl adjacent to an activating group) is 1. The number of fused-ring (bicyclic) bond motifs is 1.